The summed E-state index contributed by atoms with van der Waals surface area (Å²) < 4.78 is 13.3. The van der Waals surface area contributed by atoms with Crippen LogP contribution < -0.4 is 5.73 Å². The van der Waals surface area contributed by atoms with Crippen molar-refractivity contribution in [3.05, 3.63) is 58.9 Å². The van der Waals surface area contributed by atoms with E-state index in [9.17, 15) is 4.39 Å². The first-order valence-electron chi connectivity index (χ1n) is 5.38. The van der Waals surface area contributed by atoms with Crippen LogP contribution in [0.15, 0.2) is 42.5 Å². The van der Waals surface area contributed by atoms with Gasteiger partial charge in [-0.15, -0.1) is 0 Å². The fourth-order valence-electron chi connectivity index (χ4n) is 1.72. The molecular weight excluding hydrogens is 237 g/mol. The van der Waals surface area contributed by atoms with Gasteiger partial charge in [-0.25, -0.2) is 4.39 Å². The van der Waals surface area contributed by atoms with Gasteiger partial charge < -0.3 is 5.73 Å². The van der Waals surface area contributed by atoms with Crippen LogP contribution in [0.2, 0.25) is 5.02 Å². The molecule has 0 heterocycles. The maximum atomic E-state index is 13.3. The van der Waals surface area contributed by atoms with Crippen molar-refractivity contribution < 1.29 is 4.39 Å². The highest BCUT2D eigenvalue weighted by atomic mass is 35.5. The third kappa shape index (κ3) is 2.84. The Morgan fingerprint density at radius 1 is 1.12 bits per heavy atom. The molecule has 0 radical (unpaired) electrons. The molecule has 1 atom stereocenters. The van der Waals surface area contributed by atoms with Gasteiger partial charge in [0, 0.05) is 11.1 Å². The van der Waals surface area contributed by atoms with Crippen LogP contribution in [-0.2, 0) is 0 Å². The molecule has 2 aromatic rings. The average Bonchev–Trinajstić information content (AvgIpc) is 2.28. The number of hydrogen-bond donors (Lipinski definition) is 1. The van der Waals surface area contributed by atoms with Crippen molar-refractivity contribution in [1.82, 2.24) is 0 Å². The summed E-state index contributed by atoms with van der Waals surface area (Å²) in [5, 5.41) is 0.395. The highest BCUT2D eigenvalue weighted by Crippen LogP contribution is 2.26. The molecule has 2 aromatic carbocycles. The Morgan fingerprint density at radius 3 is 2.53 bits per heavy atom. The Labute approximate surface area is 105 Å². The van der Waals surface area contributed by atoms with Gasteiger partial charge in [0.2, 0.25) is 0 Å². The van der Waals surface area contributed by atoms with Crippen LogP contribution >= 0.6 is 11.6 Å². The van der Waals surface area contributed by atoms with Crippen molar-refractivity contribution in [1.29, 1.82) is 0 Å². The van der Waals surface area contributed by atoms with E-state index in [-0.39, 0.29) is 11.9 Å². The van der Waals surface area contributed by atoms with Crippen molar-refractivity contribution in [3.63, 3.8) is 0 Å². The molecule has 1 unspecified atom stereocenters. The Balaban J connectivity index is 2.49. The summed E-state index contributed by atoms with van der Waals surface area (Å²) in [5.74, 6) is -0.335. The zero-order valence-electron chi connectivity index (χ0n) is 9.45. The van der Waals surface area contributed by atoms with Gasteiger partial charge >= 0.3 is 0 Å². The Morgan fingerprint density at radius 2 is 1.88 bits per heavy atom. The Hall–Kier alpha value is -1.38. The lowest BCUT2D eigenvalue weighted by Gasteiger charge is -2.08. The number of benzene rings is 2. The van der Waals surface area contributed by atoms with E-state index in [1.807, 2.05) is 31.2 Å². The monoisotopic (exact) mass is 249 g/mol. The average molecular weight is 250 g/mol. The summed E-state index contributed by atoms with van der Waals surface area (Å²) in [6.07, 6.45) is 0. The zero-order chi connectivity index (χ0) is 12.4. The van der Waals surface area contributed by atoms with Gasteiger partial charge in [0.15, 0.2) is 0 Å². The molecule has 88 valence electrons. The summed E-state index contributed by atoms with van der Waals surface area (Å²) in [6.45, 7) is 1.91. The van der Waals surface area contributed by atoms with Crippen LogP contribution in [0.5, 0.6) is 0 Å². The van der Waals surface area contributed by atoms with Crippen LogP contribution in [0, 0.1) is 5.82 Å². The first-order valence-corrected chi connectivity index (χ1v) is 5.76. The Kier molecular flexibility index (Phi) is 3.46. The highest BCUT2D eigenvalue weighted by Gasteiger charge is 2.05. The molecule has 2 N–H and O–H groups in total. The predicted molar refractivity (Wildman–Crippen MR) is 69.4 cm³/mol. The topological polar surface area (TPSA) is 26.0 Å². The van der Waals surface area contributed by atoms with Gasteiger partial charge in [0.1, 0.15) is 5.82 Å². The largest absolute Gasteiger partial charge is 0.324 e. The summed E-state index contributed by atoms with van der Waals surface area (Å²) in [7, 11) is 0. The maximum Gasteiger partial charge on any atom is 0.125 e. The van der Waals surface area contributed by atoms with Gasteiger partial charge in [-0.1, -0.05) is 29.8 Å². The lowest BCUT2D eigenvalue weighted by Crippen LogP contribution is -2.04. The normalized spacial score (nSPS) is 12.5. The second-order valence-electron chi connectivity index (χ2n) is 4.07. The van der Waals surface area contributed by atoms with Crippen LogP contribution in [0.4, 0.5) is 4.39 Å². The third-order valence-electron chi connectivity index (χ3n) is 2.61. The molecule has 17 heavy (non-hydrogen) atoms. The summed E-state index contributed by atoms with van der Waals surface area (Å²) in [6, 6.07) is 12.2. The molecular formula is C14H13ClFN. The number of rotatable bonds is 2. The van der Waals surface area contributed by atoms with Crippen molar-refractivity contribution in [2.45, 2.75) is 13.0 Å². The molecule has 2 rings (SSSR count). The number of nitrogens with two attached hydrogens (primary N) is 1. The quantitative estimate of drug-likeness (QED) is 0.850. The molecule has 0 spiro atoms. The highest BCUT2D eigenvalue weighted by molar-refractivity contribution is 6.30. The van der Waals surface area contributed by atoms with E-state index in [2.05, 4.69) is 0 Å². The molecule has 0 aromatic heterocycles. The zero-order valence-corrected chi connectivity index (χ0v) is 10.2. The summed E-state index contributed by atoms with van der Waals surface area (Å²) >= 11 is 5.84. The van der Waals surface area contributed by atoms with E-state index in [0.717, 1.165) is 16.7 Å². The van der Waals surface area contributed by atoms with Crippen molar-refractivity contribution in [3.8, 4) is 11.1 Å². The first kappa shape index (κ1) is 12.1. The van der Waals surface area contributed by atoms with E-state index in [1.165, 1.54) is 12.1 Å². The lowest BCUT2D eigenvalue weighted by atomic mass is 10.0. The maximum absolute atomic E-state index is 13.3. The number of hydrogen-bond acceptors (Lipinski definition) is 1. The lowest BCUT2D eigenvalue weighted by molar-refractivity contribution is 0.628. The second kappa shape index (κ2) is 4.86. The van der Waals surface area contributed by atoms with Crippen molar-refractivity contribution in [2.75, 3.05) is 0 Å². The van der Waals surface area contributed by atoms with E-state index < -0.39 is 0 Å². The van der Waals surface area contributed by atoms with Gasteiger partial charge in [0.25, 0.3) is 0 Å². The molecule has 3 heteroatoms. The molecule has 0 fully saturated rings. The summed E-state index contributed by atoms with van der Waals surface area (Å²) in [4.78, 5) is 0. The predicted octanol–water partition coefficient (Wildman–Crippen LogP) is 4.17. The van der Waals surface area contributed by atoms with Crippen molar-refractivity contribution >= 4 is 11.6 Å². The number of halogens is 2. The van der Waals surface area contributed by atoms with Gasteiger partial charge in [0.05, 0.1) is 0 Å². The smallest absolute Gasteiger partial charge is 0.125 e. The molecule has 0 aliphatic rings. The van der Waals surface area contributed by atoms with Gasteiger partial charge in [-0.2, -0.15) is 0 Å². The fourth-order valence-corrected chi connectivity index (χ4v) is 1.94. The molecule has 1 nitrogen and oxygen atoms in total. The fraction of sp³-hybridized carbons (Fsp3) is 0.143. The minimum absolute atomic E-state index is 0.0426. The van der Waals surface area contributed by atoms with Crippen LogP contribution in [0.25, 0.3) is 11.1 Å². The van der Waals surface area contributed by atoms with Crippen LogP contribution in [0.1, 0.15) is 18.5 Å². The SMILES string of the molecule is CC(N)c1cccc(-c2cc(F)cc(Cl)c2)c1. The molecule has 0 saturated heterocycles. The molecule has 0 aliphatic carbocycles. The van der Waals surface area contributed by atoms with Gasteiger partial charge in [-0.3, -0.25) is 0 Å². The minimum atomic E-state index is -0.335. The molecule has 0 bridgehead atoms. The summed E-state index contributed by atoms with van der Waals surface area (Å²) in [5.41, 5.74) is 8.52. The first-order chi connectivity index (χ1) is 8.06. The third-order valence-corrected chi connectivity index (χ3v) is 2.83. The second-order valence-corrected chi connectivity index (χ2v) is 4.51. The van der Waals surface area contributed by atoms with Crippen LogP contribution in [-0.4, -0.2) is 0 Å². The van der Waals surface area contributed by atoms with E-state index in [4.69, 9.17) is 17.3 Å². The minimum Gasteiger partial charge on any atom is -0.324 e. The molecule has 0 saturated carbocycles. The van der Waals surface area contributed by atoms with Gasteiger partial charge in [-0.05, 0) is 47.9 Å². The van der Waals surface area contributed by atoms with E-state index >= 15 is 0 Å². The van der Waals surface area contributed by atoms with Crippen LogP contribution in [0.3, 0.4) is 0 Å². The standard InChI is InChI=1S/C14H13ClFN/c1-9(17)10-3-2-4-11(5-10)12-6-13(15)8-14(16)7-12/h2-9H,17H2,1H3. The van der Waals surface area contributed by atoms with Crippen molar-refractivity contribution in [2.24, 2.45) is 5.73 Å². The van der Waals surface area contributed by atoms with E-state index in [0.29, 0.717) is 5.02 Å². The Bertz CT molecular complexity index is 517. The van der Waals surface area contributed by atoms with E-state index in [1.54, 1.807) is 6.07 Å². The molecule has 0 aliphatic heterocycles. The molecule has 0 amide bonds.